The van der Waals surface area contributed by atoms with Gasteiger partial charge in [0.15, 0.2) is 0 Å². The van der Waals surface area contributed by atoms with E-state index < -0.39 is 0 Å². The minimum absolute atomic E-state index is 0.161. The van der Waals surface area contributed by atoms with Crippen molar-refractivity contribution in [1.82, 2.24) is 10.2 Å². The van der Waals surface area contributed by atoms with Crippen LogP contribution in [0.1, 0.15) is 36.8 Å². The third-order valence-corrected chi connectivity index (χ3v) is 7.09. The summed E-state index contributed by atoms with van der Waals surface area (Å²) in [6.07, 6.45) is 6.82. The lowest BCUT2D eigenvalue weighted by atomic mass is 9.95. The van der Waals surface area contributed by atoms with Gasteiger partial charge in [0.25, 0.3) is 0 Å². The number of fused-ring (bicyclic) bond motifs is 1. The van der Waals surface area contributed by atoms with Crippen molar-refractivity contribution in [2.45, 2.75) is 50.6 Å². The van der Waals surface area contributed by atoms with Gasteiger partial charge in [-0.2, -0.15) is 0 Å². The molecule has 0 spiro atoms. The number of amides is 1. The molecule has 2 atom stereocenters. The number of carbonyl (C=O) groups excluding carboxylic acids is 1. The number of carbonyl (C=O) groups is 1. The minimum Gasteiger partial charge on any atom is -0.381 e. The Kier molecular flexibility index (Phi) is 4.49. The molecule has 1 N–H and O–H groups in total. The van der Waals surface area contributed by atoms with E-state index in [1.807, 2.05) is 0 Å². The molecule has 140 valence electrons. The van der Waals surface area contributed by atoms with Gasteiger partial charge in [0.05, 0.1) is 0 Å². The van der Waals surface area contributed by atoms with Gasteiger partial charge in [-0.25, -0.2) is 0 Å². The van der Waals surface area contributed by atoms with Crippen molar-refractivity contribution in [3.05, 3.63) is 35.4 Å². The molecule has 4 heteroatoms. The van der Waals surface area contributed by atoms with Crippen LogP contribution in [0.3, 0.4) is 0 Å². The Morgan fingerprint density at radius 3 is 2.35 bits per heavy atom. The van der Waals surface area contributed by atoms with Crippen LogP contribution in [0.2, 0.25) is 0 Å². The number of hydrogen-bond donors (Lipinski definition) is 1. The lowest BCUT2D eigenvalue weighted by Crippen LogP contribution is -2.45. The maximum Gasteiger partial charge on any atom is 0.223 e. The van der Waals surface area contributed by atoms with E-state index in [1.54, 1.807) is 0 Å². The van der Waals surface area contributed by atoms with Gasteiger partial charge in [0.2, 0.25) is 5.91 Å². The maximum atomic E-state index is 12.8. The third-order valence-electron chi connectivity index (χ3n) is 7.09. The molecule has 3 fully saturated rings. The average molecular weight is 354 g/mol. The zero-order valence-corrected chi connectivity index (χ0v) is 15.5. The molecule has 1 amide bonds. The van der Waals surface area contributed by atoms with E-state index in [4.69, 9.17) is 4.74 Å². The summed E-state index contributed by atoms with van der Waals surface area (Å²) < 4.78 is 5.42. The van der Waals surface area contributed by atoms with Crippen molar-refractivity contribution in [3.63, 3.8) is 0 Å². The average Bonchev–Trinajstić information content (AvgIpc) is 3.28. The molecule has 2 saturated heterocycles. The smallest absolute Gasteiger partial charge is 0.223 e. The summed E-state index contributed by atoms with van der Waals surface area (Å²) in [6.45, 7) is 3.68. The van der Waals surface area contributed by atoms with Crippen LogP contribution < -0.4 is 5.32 Å². The second-order valence-electron chi connectivity index (χ2n) is 8.79. The number of hydrogen-bond acceptors (Lipinski definition) is 3. The first-order valence-electron chi connectivity index (χ1n) is 10.5. The van der Waals surface area contributed by atoms with Crippen molar-refractivity contribution >= 4 is 5.91 Å². The summed E-state index contributed by atoms with van der Waals surface area (Å²) in [5, 5.41) is 3.46. The Bertz CT molecular complexity index is 641. The Labute approximate surface area is 156 Å². The summed E-state index contributed by atoms with van der Waals surface area (Å²) in [6, 6.07) is 9.87. The number of benzene rings is 1. The molecule has 2 aliphatic carbocycles. The first-order valence-corrected chi connectivity index (χ1v) is 10.5. The zero-order valence-electron chi connectivity index (χ0n) is 15.5. The topological polar surface area (TPSA) is 41.6 Å². The second-order valence-corrected chi connectivity index (χ2v) is 8.79. The predicted octanol–water partition coefficient (Wildman–Crippen LogP) is 2.41. The maximum absolute atomic E-state index is 12.8. The van der Waals surface area contributed by atoms with E-state index in [0.29, 0.717) is 18.0 Å². The van der Waals surface area contributed by atoms with E-state index >= 15 is 0 Å². The Balaban J connectivity index is 1.24. The van der Waals surface area contributed by atoms with Crippen LogP contribution in [-0.2, 0) is 22.4 Å². The normalized spacial score (nSPS) is 30.5. The number of ether oxygens (including phenoxy) is 1. The lowest BCUT2D eigenvalue weighted by molar-refractivity contribution is -0.128. The van der Waals surface area contributed by atoms with E-state index in [-0.39, 0.29) is 11.8 Å². The summed E-state index contributed by atoms with van der Waals surface area (Å²) >= 11 is 0. The van der Waals surface area contributed by atoms with Gasteiger partial charge < -0.3 is 10.1 Å². The quantitative estimate of drug-likeness (QED) is 0.903. The van der Waals surface area contributed by atoms with Crippen molar-refractivity contribution in [1.29, 1.82) is 0 Å². The summed E-state index contributed by atoms with van der Waals surface area (Å²) in [5.74, 6) is 1.93. The Morgan fingerprint density at radius 2 is 1.69 bits per heavy atom. The molecule has 0 radical (unpaired) electrons. The molecule has 2 aliphatic heterocycles. The SMILES string of the molecule is O=C(N[C@H]1CN(C2Cc3ccccc3C2)C[C@@H]1C1CC1)C1CCOCC1. The lowest BCUT2D eigenvalue weighted by Gasteiger charge is -2.26. The summed E-state index contributed by atoms with van der Waals surface area (Å²) in [4.78, 5) is 15.4. The molecule has 2 heterocycles. The fraction of sp³-hybridized carbons (Fsp3) is 0.682. The van der Waals surface area contributed by atoms with Crippen LogP contribution in [0, 0.1) is 17.8 Å². The summed E-state index contributed by atoms with van der Waals surface area (Å²) in [5.41, 5.74) is 3.05. The zero-order chi connectivity index (χ0) is 17.5. The van der Waals surface area contributed by atoms with Gasteiger partial charge in [0.1, 0.15) is 0 Å². The molecular formula is C22H30N2O2. The van der Waals surface area contributed by atoms with Crippen molar-refractivity contribution in [2.75, 3.05) is 26.3 Å². The highest BCUT2D eigenvalue weighted by Gasteiger charge is 2.45. The molecule has 1 aromatic carbocycles. The van der Waals surface area contributed by atoms with Crippen LogP contribution in [-0.4, -0.2) is 49.2 Å². The summed E-state index contributed by atoms with van der Waals surface area (Å²) in [7, 11) is 0. The number of nitrogens with one attached hydrogen (secondary N) is 1. The van der Waals surface area contributed by atoms with Crippen LogP contribution in [0.4, 0.5) is 0 Å². The molecule has 4 aliphatic rings. The fourth-order valence-corrected chi connectivity index (χ4v) is 5.37. The molecule has 0 unspecified atom stereocenters. The molecular weight excluding hydrogens is 324 g/mol. The van der Waals surface area contributed by atoms with Crippen LogP contribution in [0.5, 0.6) is 0 Å². The Morgan fingerprint density at radius 1 is 1.00 bits per heavy atom. The number of rotatable bonds is 4. The van der Waals surface area contributed by atoms with Crippen molar-refractivity contribution in [2.24, 2.45) is 17.8 Å². The highest BCUT2D eigenvalue weighted by molar-refractivity contribution is 5.79. The van der Waals surface area contributed by atoms with Crippen LogP contribution in [0.25, 0.3) is 0 Å². The molecule has 0 bridgehead atoms. The van der Waals surface area contributed by atoms with Gasteiger partial charge in [-0.15, -0.1) is 0 Å². The van der Waals surface area contributed by atoms with Crippen molar-refractivity contribution in [3.8, 4) is 0 Å². The fourth-order valence-electron chi connectivity index (χ4n) is 5.37. The monoisotopic (exact) mass is 354 g/mol. The van der Waals surface area contributed by atoms with E-state index in [1.165, 1.54) is 43.4 Å². The van der Waals surface area contributed by atoms with Gasteiger partial charge in [-0.05, 0) is 61.5 Å². The molecule has 26 heavy (non-hydrogen) atoms. The molecule has 5 rings (SSSR count). The minimum atomic E-state index is 0.161. The van der Waals surface area contributed by atoms with Gasteiger partial charge in [-0.3, -0.25) is 9.69 Å². The van der Waals surface area contributed by atoms with E-state index in [0.717, 1.165) is 38.5 Å². The largest absolute Gasteiger partial charge is 0.381 e. The van der Waals surface area contributed by atoms with Crippen LogP contribution in [0.15, 0.2) is 24.3 Å². The van der Waals surface area contributed by atoms with E-state index in [2.05, 4.69) is 34.5 Å². The molecule has 0 aromatic heterocycles. The molecule has 1 saturated carbocycles. The standard InChI is InChI=1S/C22H30N2O2/c25-22(16-7-9-26-10-8-16)23-21-14-24(13-20(21)15-5-6-15)19-11-17-3-1-2-4-18(17)12-19/h1-4,15-16,19-21H,5-14H2,(H,23,25)/t20-,21+/m1/s1. The Hall–Kier alpha value is -1.39. The molecule has 4 nitrogen and oxygen atoms in total. The van der Waals surface area contributed by atoms with Crippen LogP contribution >= 0.6 is 0 Å². The highest BCUT2D eigenvalue weighted by atomic mass is 16.5. The third kappa shape index (κ3) is 3.29. The first kappa shape index (κ1) is 16.8. The highest BCUT2D eigenvalue weighted by Crippen LogP contribution is 2.43. The second kappa shape index (κ2) is 6.97. The van der Waals surface area contributed by atoms with Crippen molar-refractivity contribution < 1.29 is 9.53 Å². The van der Waals surface area contributed by atoms with Gasteiger partial charge in [-0.1, -0.05) is 24.3 Å². The van der Waals surface area contributed by atoms with Gasteiger partial charge in [0, 0.05) is 44.3 Å². The molecule has 1 aromatic rings. The number of nitrogens with zero attached hydrogens (tertiary/aromatic N) is 1. The number of likely N-dealkylation sites (tertiary alicyclic amines) is 1. The van der Waals surface area contributed by atoms with E-state index in [9.17, 15) is 4.79 Å². The predicted molar refractivity (Wildman–Crippen MR) is 101 cm³/mol. The van der Waals surface area contributed by atoms with Gasteiger partial charge >= 0.3 is 0 Å². The first-order chi connectivity index (χ1) is 12.8.